The summed E-state index contributed by atoms with van der Waals surface area (Å²) in [5.74, 6) is 0.758. The Kier molecular flexibility index (Phi) is 9.01. The molecule has 1 aliphatic rings. The van der Waals surface area contributed by atoms with E-state index in [2.05, 4.69) is 20.7 Å². The number of nitrogens with zero attached hydrogens (tertiary/aromatic N) is 2. The zero-order chi connectivity index (χ0) is 21.9. The number of ether oxygens (including phenoxy) is 3. The molecule has 0 aromatic heterocycles. The second-order valence-electron chi connectivity index (χ2n) is 6.87. The lowest BCUT2D eigenvalue weighted by molar-refractivity contribution is 0.0389. The SMILES string of the molecule is COc1cc(/C=N/NC(=S)NCCN2CCOCC2)ccc1OCc1ccccc1F. The van der Waals surface area contributed by atoms with Gasteiger partial charge in [-0.3, -0.25) is 10.3 Å². The summed E-state index contributed by atoms with van der Waals surface area (Å²) in [7, 11) is 1.55. The van der Waals surface area contributed by atoms with Crippen molar-refractivity contribution in [3.63, 3.8) is 0 Å². The molecule has 0 aliphatic carbocycles. The molecule has 1 aliphatic heterocycles. The van der Waals surface area contributed by atoms with E-state index < -0.39 is 0 Å². The Morgan fingerprint density at radius 2 is 2.03 bits per heavy atom. The van der Waals surface area contributed by atoms with Crippen molar-refractivity contribution >= 4 is 23.5 Å². The third-order valence-electron chi connectivity index (χ3n) is 4.73. The Morgan fingerprint density at radius 3 is 2.81 bits per heavy atom. The highest BCUT2D eigenvalue weighted by atomic mass is 32.1. The third-order valence-corrected chi connectivity index (χ3v) is 4.96. The lowest BCUT2D eigenvalue weighted by Crippen LogP contribution is -2.42. The van der Waals surface area contributed by atoms with E-state index in [1.165, 1.54) is 6.07 Å². The largest absolute Gasteiger partial charge is 0.493 e. The molecule has 1 saturated heterocycles. The van der Waals surface area contributed by atoms with Gasteiger partial charge >= 0.3 is 0 Å². The van der Waals surface area contributed by atoms with Crippen molar-refractivity contribution in [2.45, 2.75) is 6.61 Å². The number of hydrazone groups is 1. The minimum absolute atomic E-state index is 0.114. The monoisotopic (exact) mass is 446 g/mol. The molecule has 9 heteroatoms. The van der Waals surface area contributed by atoms with Crippen LogP contribution in [0.4, 0.5) is 4.39 Å². The molecule has 2 aromatic carbocycles. The van der Waals surface area contributed by atoms with E-state index in [4.69, 9.17) is 26.4 Å². The zero-order valence-corrected chi connectivity index (χ0v) is 18.3. The van der Waals surface area contributed by atoms with Crippen LogP contribution in [0.5, 0.6) is 11.5 Å². The molecule has 31 heavy (non-hydrogen) atoms. The summed E-state index contributed by atoms with van der Waals surface area (Å²) >= 11 is 5.24. The number of thiocarbonyl (C=S) groups is 1. The average molecular weight is 447 g/mol. The predicted octanol–water partition coefficient (Wildman–Crippen LogP) is 2.54. The molecule has 0 unspecified atom stereocenters. The molecule has 0 atom stereocenters. The Bertz CT molecular complexity index is 891. The Hall–Kier alpha value is -2.75. The van der Waals surface area contributed by atoms with E-state index in [-0.39, 0.29) is 12.4 Å². The van der Waals surface area contributed by atoms with Crippen LogP contribution in [0, 0.1) is 5.82 Å². The van der Waals surface area contributed by atoms with Crippen molar-refractivity contribution in [3.05, 3.63) is 59.4 Å². The van der Waals surface area contributed by atoms with Crippen LogP contribution in [-0.4, -0.2) is 62.7 Å². The molecule has 1 heterocycles. The summed E-state index contributed by atoms with van der Waals surface area (Å²) in [6.45, 7) is 5.21. The number of rotatable bonds is 9. The summed E-state index contributed by atoms with van der Waals surface area (Å²) in [6, 6.07) is 11.9. The number of benzene rings is 2. The van der Waals surface area contributed by atoms with E-state index in [9.17, 15) is 4.39 Å². The van der Waals surface area contributed by atoms with Gasteiger partial charge in [0.2, 0.25) is 0 Å². The minimum atomic E-state index is -0.300. The van der Waals surface area contributed by atoms with Crippen LogP contribution in [0.1, 0.15) is 11.1 Å². The molecule has 166 valence electrons. The first-order valence-electron chi connectivity index (χ1n) is 10.1. The maximum absolute atomic E-state index is 13.8. The maximum atomic E-state index is 13.8. The van der Waals surface area contributed by atoms with Crippen LogP contribution >= 0.6 is 12.2 Å². The Labute approximate surface area is 187 Å². The lowest BCUT2D eigenvalue weighted by atomic mass is 10.2. The first-order chi connectivity index (χ1) is 15.2. The van der Waals surface area contributed by atoms with Gasteiger partial charge in [0.05, 0.1) is 26.5 Å². The Balaban J connectivity index is 1.45. The third kappa shape index (κ3) is 7.46. The van der Waals surface area contributed by atoms with Crippen LogP contribution in [0.15, 0.2) is 47.6 Å². The molecule has 2 N–H and O–H groups in total. The fourth-order valence-electron chi connectivity index (χ4n) is 3.01. The highest BCUT2D eigenvalue weighted by Crippen LogP contribution is 2.28. The van der Waals surface area contributed by atoms with Gasteiger partial charge in [-0.25, -0.2) is 4.39 Å². The summed E-state index contributed by atoms with van der Waals surface area (Å²) in [5.41, 5.74) is 4.09. The van der Waals surface area contributed by atoms with Crippen molar-refractivity contribution in [1.82, 2.24) is 15.6 Å². The zero-order valence-electron chi connectivity index (χ0n) is 17.5. The van der Waals surface area contributed by atoms with Crippen LogP contribution in [-0.2, 0) is 11.3 Å². The van der Waals surface area contributed by atoms with Gasteiger partial charge in [-0.15, -0.1) is 0 Å². The molecule has 0 saturated carbocycles. The van der Waals surface area contributed by atoms with Gasteiger partial charge in [0, 0.05) is 31.7 Å². The van der Waals surface area contributed by atoms with Gasteiger partial charge in [-0.05, 0) is 42.0 Å². The fraction of sp³-hybridized carbons (Fsp3) is 0.364. The molecule has 3 rings (SSSR count). The normalized spacial score (nSPS) is 14.4. The maximum Gasteiger partial charge on any atom is 0.187 e. The topological polar surface area (TPSA) is 67.4 Å². The van der Waals surface area contributed by atoms with E-state index in [0.29, 0.717) is 22.2 Å². The molecular formula is C22H27FN4O3S. The molecule has 0 bridgehead atoms. The quantitative estimate of drug-likeness (QED) is 0.349. The number of halogens is 1. The second-order valence-corrected chi connectivity index (χ2v) is 7.28. The smallest absolute Gasteiger partial charge is 0.187 e. The number of nitrogens with one attached hydrogen (secondary N) is 2. The molecular weight excluding hydrogens is 419 g/mol. The number of hydrogen-bond donors (Lipinski definition) is 2. The first-order valence-corrected chi connectivity index (χ1v) is 10.5. The Morgan fingerprint density at radius 1 is 1.23 bits per heavy atom. The van der Waals surface area contributed by atoms with Crippen molar-refractivity contribution in [3.8, 4) is 11.5 Å². The van der Waals surface area contributed by atoms with Gasteiger partial charge in [0.15, 0.2) is 16.6 Å². The fourth-order valence-corrected chi connectivity index (χ4v) is 3.17. The molecule has 7 nitrogen and oxygen atoms in total. The summed E-state index contributed by atoms with van der Waals surface area (Å²) in [6.07, 6.45) is 1.64. The van der Waals surface area contributed by atoms with Gasteiger partial charge in [0.25, 0.3) is 0 Å². The van der Waals surface area contributed by atoms with Gasteiger partial charge in [0.1, 0.15) is 12.4 Å². The van der Waals surface area contributed by atoms with Gasteiger partial charge < -0.3 is 19.5 Å². The standard InChI is InChI=1S/C22H27FN4O3S/c1-28-21-14-17(6-7-20(21)30-16-18-4-2-3-5-19(18)23)15-25-26-22(31)24-8-9-27-10-12-29-13-11-27/h2-7,14-15H,8-13,16H2,1H3,(H2,24,26,31)/b25-15+. The first kappa shape index (κ1) is 22.9. The highest BCUT2D eigenvalue weighted by molar-refractivity contribution is 7.80. The minimum Gasteiger partial charge on any atom is -0.493 e. The van der Waals surface area contributed by atoms with Gasteiger partial charge in [-0.1, -0.05) is 18.2 Å². The summed E-state index contributed by atoms with van der Waals surface area (Å²) < 4.78 is 30.2. The van der Waals surface area contributed by atoms with Crippen LogP contribution < -0.4 is 20.2 Å². The van der Waals surface area contributed by atoms with E-state index in [1.807, 2.05) is 6.07 Å². The summed E-state index contributed by atoms with van der Waals surface area (Å²) in [5, 5.41) is 7.75. The number of morpholine rings is 1. The number of methoxy groups -OCH3 is 1. The number of hydrogen-bond acceptors (Lipinski definition) is 6. The summed E-state index contributed by atoms with van der Waals surface area (Å²) in [4.78, 5) is 2.32. The van der Waals surface area contributed by atoms with Crippen LogP contribution in [0.2, 0.25) is 0 Å². The van der Waals surface area contributed by atoms with E-state index in [1.54, 1.807) is 43.7 Å². The van der Waals surface area contributed by atoms with Crippen molar-refractivity contribution in [2.75, 3.05) is 46.5 Å². The van der Waals surface area contributed by atoms with Crippen LogP contribution in [0.3, 0.4) is 0 Å². The van der Waals surface area contributed by atoms with Gasteiger partial charge in [-0.2, -0.15) is 5.10 Å². The highest BCUT2D eigenvalue weighted by Gasteiger charge is 2.10. The predicted molar refractivity (Wildman–Crippen MR) is 122 cm³/mol. The van der Waals surface area contributed by atoms with Crippen molar-refractivity contribution in [2.24, 2.45) is 5.10 Å². The average Bonchev–Trinajstić information content (AvgIpc) is 2.79. The van der Waals surface area contributed by atoms with Crippen molar-refractivity contribution in [1.29, 1.82) is 0 Å². The second kappa shape index (κ2) is 12.2. The molecule has 1 fully saturated rings. The lowest BCUT2D eigenvalue weighted by Gasteiger charge is -2.26. The van der Waals surface area contributed by atoms with E-state index >= 15 is 0 Å². The molecule has 0 amide bonds. The van der Waals surface area contributed by atoms with Crippen LogP contribution in [0.25, 0.3) is 0 Å². The molecule has 0 spiro atoms. The van der Waals surface area contributed by atoms with Crippen molar-refractivity contribution < 1.29 is 18.6 Å². The molecule has 0 radical (unpaired) electrons. The molecule has 2 aromatic rings. The van der Waals surface area contributed by atoms with E-state index in [0.717, 1.165) is 45.0 Å².